The first-order valence-corrected chi connectivity index (χ1v) is 5.38. The van der Waals surface area contributed by atoms with E-state index in [-0.39, 0.29) is 30.1 Å². The molecule has 1 aromatic rings. The first-order chi connectivity index (χ1) is 8.95. The van der Waals surface area contributed by atoms with Gasteiger partial charge >= 0.3 is 5.97 Å². The molecule has 19 heavy (non-hydrogen) atoms. The molecule has 8 heteroatoms. The summed E-state index contributed by atoms with van der Waals surface area (Å²) in [5.74, 6) is -1.18. The molecule has 0 bridgehead atoms. The van der Waals surface area contributed by atoms with Crippen LogP contribution in [0, 0.1) is 10.1 Å². The Morgan fingerprint density at radius 3 is 2.79 bits per heavy atom. The third-order valence-electron chi connectivity index (χ3n) is 2.33. The highest BCUT2D eigenvalue weighted by Gasteiger charge is 2.17. The van der Waals surface area contributed by atoms with Crippen molar-refractivity contribution < 1.29 is 24.7 Å². The molecule has 0 amide bonds. The number of aliphatic hydroxyl groups excluding tert-OH is 1. The molecule has 0 spiro atoms. The summed E-state index contributed by atoms with van der Waals surface area (Å²) >= 11 is 0. The van der Waals surface area contributed by atoms with Crippen LogP contribution in [0.25, 0.3) is 0 Å². The molecular weight excluding hydrogens is 256 g/mol. The molecule has 1 unspecified atom stereocenters. The molecule has 104 valence electrons. The number of nitrogens with one attached hydrogen (secondary N) is 1. The number of carboxylic acid groups (broad SMARTS) is 1. The number of aliphatic hydroxyl groups is 1. The van der Waals surface area contributed by atoms with Crippen LogP contribution in [0.15, 0.2) is 18.2 Å². The molecule has 0 aromatic heterocycles. The maximum atomic E-state index is 10.8. The fourth-order valence-electron chi connectivity index (χ4n) is 1.45. The minimum Gasteiger partial charge on any atom is -0.478 e. The second kappa shape index (κ2) is 6.66. The highest BCUT2D eigenvalue weighted by Crippen LogP contribution is 2.25. The van der Waals surface area contributed by atoms with Gasteiger partial charge in [-0.15, -0.1) is 0 Å². The molecule has 0 saturated heterocycles. The number of nitro groups is 1. The van der Waals surface area contributed by atoms with E-state index in [0.717, 1.165) is 18.2 Å². The molecule has 0 aliphatic heterocycles. The van der Waals surface area contributed by atoms with Gasteiger partial charge in [0, 0.05) is 19.7 Å². The van der Waals surface area contributed by atoms with E-state index in [0.29, 0.717) is 0 Å². The van der Waals surface area contributed by atoms with Crippen LogP contribution in [0.5, 0.6) is 0 Å². The maximum Gasteiger partial charge on any atom is 0.335 e. The number of rotatable bonds is 7. The minimum absolute atomic E-state index is 0.0117. The van der Waals surface area contributed by atoms with E-state index < -0.39 is 17.0 Å². The van der Waals surface area contributed by atoms with Crippen molar-refractivity contribution in [1.29, 1.82) is 0 Å². The van der Waals surface area contributed by atoms with Crippen LogP contribution < -0.4 is 5.32 Å². The largest absolute Gasteiger partial charge is 0.478 e. The first kappa shape index (κ1) is 14.9. The van der Waals surface area contributed by atoms with E-state index in [1.54, 1.807) is 0 Å². The number of ether oxygens (including phenoxy) is 1. The molecule has 0 aliphatic carbocycles. The van der Waals surface area contributed by atoms with Crippen molar-refractivity contribution >= 4 is 17.3 Å². The van der Waals surface area contributed by atoms with Gasteiger partial charge in [0.2, 0.25) is 0 Å². The number of aromatic carboxylic acids is 1. The number of carboxylic acids is 1. The van der Waals surface area contributed by atoms with E-state index in [1.165, 1.54) is 7.11 Å². The van der Waals surface area contributed by atoms with Gasteiger partial charge in [-0.05, 0) is 12.1 Å². The Hall–Kier alpha value is -2.19. The fraction of sp³-hybridized carbons (Fsp3) is 0.364. The Bertz CT molecular complexity index is 476. The van der Waals surface area contributed by atoms with E-state index >= 15 is 0 Å². The van der Waals surface area contributed by atoms with Crippen molar-refractivity contribution in [3.05, 3.63) is 33.9 Å². The molecule has 0 radical (unpaired) electrons. The van der Waals surface area contributed by atoms with Gasteiger partial charge in [-0.1, -0.05) is 0 Å². The second-order valence-corrected chi connectivity index (χ2v) is 3.78. The summed E-state index contributed by atoms with van der Waals surface area (Å²) in [6.45, 7) is 0.0805. The summed E-state index contributed by atoms with van der Waals surface area (Å²) in [6.07, 6.45) is -0.849. The summed E-state index contributed by atoms with van der Waals surface area (Å²) in [5, 5.41) is 31.7. The first-order valence-electron chi connectivity index (χ1n) is 5.38. The normalized spacial score (nSPS) is 11.9. The van der Waals surface area contributed by atoms with Crippen molar-refractivity contribution in [2.45, 2.75) is 6.10 Å². The van der Waals surface area contributed by atoms with E-state index in [4.69, 9.17) is 9.84 Å². The van der Waals surface area contributed by atoms with Crippen LogP contribution in [-0.4, -0.2) is 47.5 Å². The van der Waals surface area contributed by atoms with Gasteiger partial charge in [0.05, 0.1) is 23.2 Å². The molecule has 0 heterocycles. The monoisotopic (exact) mass is 270 g/mol. The minimum atomic E-state index is -1.18. The van der Waals surface area contributed by atoms with Crippen molar-refractivity contribution in [3.8, 4) is 0 Å². The SMILES string of the molecule is COCC(O)CNc1cc(C(=O)O)ccc1[N+](=O)[O-]. The molecule has 3 N–H and O–H groups in total. The van der Waals surface area contributed by atoms with Gasteiger partial charge in [0.1, 0.15) is 5.69 Å². The van der Waals surface area contributed by atoms with Crippen molar-refractivity contribution in [2.75, 3.05) is 25.6 Å². The van der Waals surface area contributed by atoms with Gasteiger partial charge in [0.25, 0.3) is 5.69 Å². The van der Waals surface area contributed by atoms with Crippen LogP contribution in [0.4, 0.5) is 11.4 Å². The Labute approximate surface area is 108 Å². The number of anilines is 1. The molecule has 1 atom stereocenters. The number of nitro benzene ring substituents is 1. The average Bonchev–Trinajstić information content (AvgIpc) is 2.36. The number of methoxy groups -OCH3 is 1. The number of nitrogens with zero attached hydrogens (tertiary/aromatic N) is 1. The number of hydrogen-bond donors (Lipinski definition) is 3. The predicted molar refractivity (Wildman–Crippen MR) is 66.4 cm³/mol. The summed E-state index contributed by atoms with van der Waals surface area (Å²) < 4.78 is 4.71. The van der Waals surface area contributed by atoms with Gasteiger partial charge in [0.15, 0.2) is 0 Å². The summed E-state index contributed by atoms with van der Waals surface area (Å²) in [7, 11) is 1.41. The molecule has 0 fully saturated rings. The predicted octanol–water partition coefficient (Wildman–Crippen LogP) is 0.712. The van der Waals surface area contributed by atoms with Crippen LogP contribution in [-0.2, 0) is 4.74 Å². The third kappa shape index (κ3) is 4.19. The van der Waals surface area contributed by atoms with Crippen LogP contribution in [0.1, 0.15) is 10.4 Å². The lowest BCUT2D eigenvalue weighted by molar-refractivity contribution is -0.384. The van der Waals surface area contributed by atoms with E-state index in [9.17, 15) is 20.0 Å². The second-order valence-electron chi connectivity index (χ2n) is 3.78. The van der Waals surface area contributed by atoms with Crippen molar-refractivity contribution in [2.24, 2.45) is 0 Å². The van der Waals surface area contributed by atoms with Crippen molar-refractivity contribution in [1.82, 2.24) is 0 Å². The maximum absolute atomic E-state index is 10.8. The number of benzene rings is 1. The smallest absolute Gasteiger partial charge is 0.335 e. The highest BCUT2D eigenvalue weighted by atomic mass is 16.6. The Morgan fingerprint density at radius 1 is 1.58 bits per heavy atom. The average molecular weight is 270 g/mol. The topological polar surface area (TPSA) is 122 Å². The Balaban J connectivity index is 2.91. The molecule has 0 saturated carbocycles. The number of hydrogen-bond acceptors (Lipinski definition) is 6. The highest BCUT2D eigenvalue weighted by molar-refractivity contribution is 5.90. The molecule has 8 nitrogen and oxygen atoms in total. The zero-order valence-electron chi connectivity index (χ0n) is 10.2. The van der Waals surface area contributed by atoms with E-state index in [2.05, 4.69) is 5.32 Å². The Morgan fingerprint density at radius 2 is 2.26 bits per heavy atom. The number of carbonyl (C=O) groups is 1. The van der Waals surface area contributed by atoms with Gasteiger partial charge in [-0.2, -0.15) is 0 Å². The lowest BCUT2D eigenvalue weighted by Gasteiger charge is -2.12. The lowest BCUT2D eigenvalue weighted by Crippen LogP contribution is -2.24. The summed E-state index contributed by atoms with van der Waals surface area (Å²) in [5.41, 5.74) is -0.288. The van der Waals surface area contributed by atoms with Gasteiger partial charge in [-0.25, -0.2) is 4.79 Å². The van der Waals surface area contributed by atoms with Crippen LogP contribution >= 0.6 is 0 Å². The van der Waals surface area contributed by atoms with Gasteiger partial charge < -0.3 is 20.3 Å². The van der Waals surface area contributed by atoms with Crippen LogP contribution in [0.3, 0.4) is 0 Å². The zero-order chi connectivity index (χ0) is 14.4. The standard InChI is InChI=1S/C11H14N2O6/c1-19-6-8(14)5-12-9-4-7(11(15)16)2-3-10(9)13(17)18/h2-4,8,12,14H,5-6H2,1H3,(H,15,16). The Kier molecular flexibility index (Phi) is 5.22. The molecule has 1 rings (SSSR count). The summed E-state index contributed by atoms with van der Waals surface area (Å²) in [4.78, 5) is 21.0. The summed E-state index contributed by atoms with van der Waals surface area (Å²) in [6, 6.07) is 3.41. The lowest BCUT2D eigenvalue weighted by atomic mass is 10.1. The molecular formula is C11H14N2O6. The fourth-order valence-corrected chi connectivity index (χ4v) is 1.45. The van der Waals surface area contributed by atoms with Crippen LogP contribution in [0.2, 0.25) is 0 Å². The molecule has 1 aromatic carbocycles. The van der Waals surface area contributed by atoms with Gasteiger partial charge in [-0.3, -0.25) is 10.1 Å². The van der Waals surface area contributed by atoms with Crippen molar-refractivity contribution in [3.63, 3.8) is 0 Å². The van der Waals surface area contributed by atoms with E-state index in [1.807, 2.05) is 0 Å². The third-order valence-corrected chi connectivity index (χ3v) is 2.33. The zero-order valence-corrected chi connectivity index (χ0v) is 10.2. The quantitative estimate of drug-likeness (QED) is 0.492. The molecule has 0 aliphatic rings.